The molecule has 0 spiro atoms. The number of carbonyl (C=O) groups excluding carboxylic acids is 6. The first-order valence-electron chi connectivity index (χ1n) is 20.7. The molecule has 0 aliphatic carbocycles. The van der Waals surface area contributed by atoms with Crippen LogP contribution in [0.15, 0.2) is 60.9 Å². The van der Waals surface area contributed by atoms with Crippen LogP contribution in [0.5, 0.6) is 5.75 Å². The second-order valence-corrected chi connectivity index (χ2v) is 18.4. The number of primary amides is 1. The van der Waals surface area contributed by atoms with E-state index in [1.807, 2.05) is 4.90 Å². The smallest absolute Gasteiger partial charge is 0.399 e. The van der Waals surface area contributed by atoms with Gasteiger partial charge in [0.05, 0.1) is 22.9 Å². The number of carbonyl (C=O) groups is 6. The molecule has 3 fully saturated rings. The van der Waals surface area contributed by atoms with Crippen molar-refractivity contribution in [3.63, 3.8) is 0 Å². The van der Waals surface area contributed by atoms with Gasteiger partial charge in [0, 0.05) is 61.1 Å². The Labute approximate surface area is 375 Å². The fourth-order valence-corrected chi connectivity index (χ4v) is 9.08. The molecule has 0 unspecified atom stereocenters. The van der Waals surface area contributed by atoms with Crippen molar-refractivity contribution in [1.82, 2.24) is 35.7 Å². The third kappa shape index (κ3) is 10.4. The number of halogens is 3. The molecule has 23 heteroatoms. The second kappa shape index (κ2) is 19.2. The van der Waals surface area contributed by atoms with Crippen molar-refractivity contribution < 1.29 is 56.6 Å². The third-order valence-electron chi connectivity index (χ3n) is 11.8. The Morgan fingerprint density at radius 2 is 1.86 bits per heavy atom. The number of imide groups is 1. The zero-order valence-electron chi connectivity index (χ0n) is 35.0. The van der Waals surface area contributed by atoms with Gasteiger partial charge in [-0.05, 0) is 80.7 Å². The number of alkyl halides is 2. The van der Waals surface area contributed by atoms with Gasteiger partial charge in [0.15, 0.2) is 0 Å². The van der Waals surface area contributed by atoms with E-state index < -0.39 is 66.6 Å². The van der Waals surface area contributed by atoms with Gasteiger partial charge in [0.1, 0.15) is 30.1 Å². The van der Waals surface area contributed by atoms with E-state index in [4.69, 9.17) is 22.1 Å². The first-order valence-corrected chi connectivity index (χ1v) is 22.7. The van der Waals surface area contributed by atoms with Crippen LogP contribution in [0.2, 0.25) is 5.02 Å². The summed E-state index contributed by atoms with van der Waals surface area (Å²) in [6.45, 7) is 0.648. The highest BCUT2D eigenvalue weighted by Gasteiger charge is 2.50. The van der Waals surface area contributed by atoms with Crippen LogP contribution in [0.3, 0.4) is 0 Å². The number of benzene rings is 2. The lowest BCUT2D eigenvalue weighted by atomic mass is 10.0. The van der Waals surface area contributed by atoms with E-state index in [1.54, 1.807) is 37.5 Å². The van der Waals surface area contributed by atoms with E-state index in [0.717, 1.165) is 18.2 Å². The number of nitrogens with zero attached hydrogens (tertiary/aromatic N) is 4. The van der Waals surface area contributed by atoms with Crippen molar-refractivity contribution in [1.29, 1.82) is 0 Å². The van der Waals surface area contributed by atoms with Crippen LogP contribution in [0.4, 0.5) is 19.3 Å². The summed E-state index contributed by atoms with van der Waals surface area (Å²) in [6.07, 6.45) is 4.84. The summed E-state index contributed by atoms with van der Waals surface area (Å²) in [5, 5.41) is 8.30. The third-order valence-corrected chi connectivity index (χ3v) is 13.2. The molecule has 3 aliphatic rings. The number of pyridine rings is 1. The van der Waals surface area contributed by atoms with E-state index in [0.29, 0.717) is 42.6 Å². The molecule has 2 aromatic heterocycles. The standard InChI is InChI=1S/C42H47ClF2N9O10P/c1-52-15-12-28-7-9-32(54(28)40(59)31(21-52)50-38(57)30-19-25-18-26(5-8-29(25)49-30)42(44,45)65(61,62)63)39(58)48-27(6-10-35(46)55)22-64-34-4-2-3-24(37(34)43)17-23-11-14-47-20-33(23)53-16-13-36(56)51-41(53)60/h2-5,8,11,14,18-20,27-28,31-32,49H,6-7,9-10,12-13,15-17,21-22H2,1H3,(H2,46,55)(H,48,58)(H,50,57)(H,51,56,60)(H2,61,62,63)/t27-,28+,31-,32-/m0/s1. The number of nitrogens with one attached hydrogen (secondary N) is 4. The van der Waals surface area contributed by atoms with Crippen LogP contribution in [0.1, 0.15) is 65.7 Å². The molecule has 65 heavy (non-hydrogen) atoms. The van der Waals surface area contributed by atoms with Crippen molar-refractivity contribution in [3.8, 4) is 5.75 Å². The molecule has 346 valence electrons. The van der Waals surface area contributed by atoms with Gasteiger partial charge >= 0.3 is 19.3 Å². The first kappa shape index (κ1) is 47.0. The molecular formula is C42H47ClF2N9O10P. The molecule has 19 nitrogen and oxygen atoms in total. The molecule has 8 N–H and O–H groups in total. The molecule has 0 saturated carbocycles. The van der Waals surface area contributed by atoms with Gasteiger partial charge in [-0.3, -0.25) is 43.7 Å². The zero-order chi connectivity index (χ0) is 46.8. The predicted molar refractivity (Wildman–Crippen MR) is 231 cm³/mol. The van der Waals surface area contributed by atoms with Gasteiger partial charge in [-0.15, -0.1) is 0 Å². The maximum atomic E-state index is 14.4. The summed E-state index contributed by atoms with van der Waals surface area (Å²) in [6, 6.07) is 7.23. The topological polar surface area (TPSA) is 270 Å². The summed E-state index contributed by atoms with van der Waals surface area (Å²) in [5.74, 6) is -2.49. The van der Waals surface area contributed by atoms with Crippen LogP contribution >= 0.6 is 19.2 Å². The molecule has 0 bridgehead atoms. The van der Waals surface area contributed by atoms with Gasteiger partial charge in [-0.2, -0.15) is 8.78 Å². The first-order chi connectivity index (χ1) is 30.8. The molecule has 2 aromatic carbocycles. The van der Waals surface area contributed by atoms with E-state index in [2.05, 4.69) is 25.9 Å². The number of likely N-dealkylation sites (N-methyl/N-ethyl adjacent to an activating group) is 1. The SMILES string of the molecule is CN1CC[C@H]2CC[C@@H](C(=O)N[C@@H](CCC(N)=O)COc3cccc(Cc4ccncc4N4CCC(=O)NC4=O)c3Cl)N2C(=O)[C@@H](NC(=O)c2cc3cc(C(F)(F)P(=O)(O)O)ccc3[nH]2)C1. The lowest BCUT2D eigenvalue weighted by molar-refractivity contribution is -0.143. The van der Waals surface area contributed by atoms with Crippen molar-refractivity contribution in [3.05, 3.63) is 88.3 Å². The van der Waals surface area contributed by atoms with Crippen molar-refractivity contribution >= 4 is 71.4 Å². The number of aromatic amines is 1. The molecule has 3 saturated heterocycles. The number of aromatic nitrogens is 2. The second-order valence-electron chi connectivity index (χ2n) is 16.3. The van der Waals surface area contributed by atoms with Crippen LogP contribution < -0.4 is 31.3 Å². The lowest BCUT2D eigenvalue weighted by Gasteiger charge is -2.38. The Kier molecular flexibility index (Phi) is 13.9. The average Bonchev–Trinajstić information content (AvgIpc) is 3.88. The Bertz CT molecular complexity index is 2580. The number of rotatable bonds is 15. The minimum atomic E-state index is -5.85. The summed E-state index contributed by atoms with van der Waals surface area (Å²) in [5.41, 5.74) is 2.08. The summed E-state index contributed by atoms with van der Waals surface area (Å²) < 4.78 is 46.5. The molecule has 5 heterocycles. The number of nitrogens with two attached hydrogens (primary N) is 1. The van der Waals surface area contributed by atoms with E-state index in [-0.39, 0.29) is 84.7 Å². The highest BCUT2D eigenvalue weighted by molar-refractivity contribution is 7.52. The fourth-order valence-electron chi connectivity index (χ4n) is 8.35. The van der Waals surface area contributed by atoms with Crippen LogP contribution in [0.25, 0.3) is 10.9 Å². The molecule has 7 amide bonds. The van der Waals surface area contributed by atoms with Crippen LogP contribution in [-0.4, -0.2) is 123 Å². The van der Waals surface area contributed by atoms with E-state index in [1.165, 1.54) is 22.1 Å². The monoisotopic (exact) mass is 941 g/mol. The number of anilines is 1. The molecule has 3 aliphatic heterocycles. The van der Waals surface area contributed by atoms with Crippen molar-refractivity contribution in [2.75, 3.05) is 38.2 Å². The number of hydrogen-bond donors (Lipinski definition) is 7. The maximum absolute atomic E-state index is 14.4. The normalized spacial score (nSPS) is 20.2. The summed E-state index contributed by atoms with van der Waals surface area (Å²) in [7, 11) is -4.06. The molecule has 4 aromatic rings. The number of ether oxygens (including phenoxy) is 1. The summed E-state index contributed by atoms with van der Waals surface area (Å²) >= 11 is 6.87. The van der Waals surface area contributed by atoms with Crippen LogP contribution in [-0.2, 0) is 35.8 Å². The number of urea groups is 1. The summed E-state index contributed by atoms with van der Waals surface area (Å²) in [4.78, 5) is 109. The van der Waals surface area contributed by atoms with Gasteiger partial charge in [0.2, 0.25) is 23.6 Å². The largest absolute Gasteiger partial charge is 0.490 e. The number of fused-ring (bicyclic) bond motifs is 2. The van der Waals surface area contributed by atoms with Gasteiger partial charge in [-0.1, -0.05) is 29.8 Å². The maximum Gasteiger partial charge on any atom is 0.399 e. The fraction of sp³-hybridized carbons (Fsp3) is 0.405. The average molecular weight is 942 g/mol. The quantitative estimate of drug-likeness (QED) is 0.0848. The highest BCUT2D eigenvalue weighted by atomic mass is 35.5. The molecule has 7 rings (SSSR count). The predicted octanol–water partition coefficient (Wildman–Crippen LogP) is 3.10. The Hall–Kier alpha value is -5.99. The number of amides is 7. The van der Waals surface area contributed by atoms with Gasteiger partial charge < -0.3 is 45.7 Å². The van der Waals surface area contributed by atoms with E-state index in [9.17, 15) is 51.9 Å². The number of H-pyrrole nitrogens is 1. The Morgan fingerprint density at radius 1 is 1.08 bits per heavy atom. The van der Waals surface area contributed by atoms with Gasteiger partial charge in [0.25, 0.3) is 5.91 Å². The number of hydrogen-bond acceptors (Lipinski definition) is 10. The molecule has 4 atom stereocenters. The van der Waals surface area contributed by atoms with E-state index >= 15 is 0 Å². The lowest BCUT2D eigenvalue weighted by Crippen LogP contribution is -2.60. The molecular weight excluding hydrogens is 895 g/mol. The van der Waals surface area contributed by atoms with Crippen LogP contribution in [0, 0.1) is 0 Å². The minimum absolute atomic E-state index is 0.0759. The minimum Gasteiger partial charge on any atom is -0.490 e. The Morgan fingerprint density at radius 3 is 2.60 bits per heavy atom. The Balaban J connectivity index is 1.04. The molecule has 0 radical (unpaired) electrons. The van der Waals surface area contributed by atoms with Crippen molar-refractivity contribution in [2.24, 2.45) is 5.73 Å². The van der Waals surface area contributed by atoms with Crippen molar-refractivity contribution in [2.45, 2.75) is 74.8 Å². The zero-order valence-corrected chi connectivity index (χ0v) is 36.6. The van der Waals surface area contributed by atoms with Gasteiger partial charge in [-0.25, -0.2) is 4.79 Å². The highest BCUT2D eigenvalue weighted by Crippen LogP contribution is 2.59.